The van der Waals surface area contributed by atoms with Crippen molar-refractivity contribution in [1.29, 1.82) is 0 Å². The molecule has 1 heterocycles. The molecule has 0 fully saturated rings. The second-order valence-corrected chi connectivity index (χ2v) is 10.4. The van der Waals surface area contributed by atoms with E-state index < -0.39 is 15.7 Å². The van der Waals surface area contributed by atoms with Gasteiger partial charge in [0.15, 0.2) is 9.84 Å². The third kappa shape index (κ3) is 5.94. The van der Waals surface area contributed by atoms with Crippen LogP contribution in [0.3, 0.4) is 0 Å². The van der Waals surface area contributed by atoms with Crippen LogP contribution in [0.2, 0.25) is 10.0 Å². The van der Waals surface area contributed by atoms with Crippen LogP contribution in [0.5, 0.6) is 0 Å². The highest BCUT2D eigenvalue weighted by Gasteiger charge is 2.17. The molecule has 0 radical (unpaired) electrons. The Morgan fingerprint density at radius 1 is 1.03 bits per heavy atom. The van der Waals surface area contributed by atoms with E-state index in [1.54, 1.807) is 41.3 Å². The molecule has 10 heteroatoms. The van der Waals surface area contributed by atoms with Gasteiger partial charge in [-0.15, -0.1) is 0 Å². The fraction of sp³-hybridized carbons (Fsp3) is 0.208. The number of sulfone groups is 1. The molecule has 0 atom stereocenters. The predicted molar refractivity (Wildman–Crippen MR) is 136 cm³/mol. The van der Waals surface area contributed by atoms with Crippen LogP contribution in [0.15, 0.2) is 59.5 Å². The Kier molecular flexibility index (Phi) is 7.97. The normalized spacial score (nSPS) is 11.2. The van der Waals surface area contributed by atoms with Crippen molar-refractivity contribution in [1.82, 2.24) is 4.98 Å². The second kappa shape index (κ2) is 10.5. The minimum absolute atomic E-state index is 0.0178. The summed E-state index contributed by atoms with van der Waals surface area (Å²) in [5.74, 6) is -0.113. The van der Waals surface area contributed by atoms with E-state index in [1.807, 2.05) is 6.92 Å². The number of rotatable bonds is 7. The number of carbonyl (C=O) groups is 2. The number of aromatic nitrogens is 1. The standard InChI is InChI=1S/C24H23Cl2N3O4S/c1-4-12-29(15(2)30)23-7-5-6-22(28-23)19-13-16(8-11-20(19)25)27-24(31)18-10-9-17(14-21(18)26)34(3,32)33/h5-11,13-14H,4,12H2,1-3H3,(H,27,31). The first-order valence-corrected chi connectivity index (χ1v) is 13.0. The van der Waals surface area contributed by atoms with Crippen LogP contribution in [0.4, 0.5) is 11.5 Å². The highest BCUT2D eigenvalue weighted by molar-refractivity contribution is 7.90. The average Bonchev–Trinajstić information content (AvgIpc) is 2.77. The topological polar surface area (TPSA) is 96.4 Å². The van der Waals surface area contributed by atoms with Crippen molar-refractivity contribution in [2.45, 2.75) is 25.2 Å². The highest BCUT2D eigenvalue weighted by atomic mass is 35.5. The molecule has 0 aliphatic rings. The van der Waals surface area contributed by atoms with Crippen LogP contribution < -0.4 is 10.2 Å². The summed E-state index contributed by atoms with van der Waals surface area (Å²) in [7, 11) is -3.45. The molecule has 0 unspecified atom stereocenters. The van der Waals surface area contributed by atoms with E-state index >= 15 is 0 Å². The molecule has 1 N–H and O–H groups in total. The molecule has 0 aliphatic heterocycles. The smallest absolute Gasteiger partial charge is 0.257 e. The van der Waals surface area contributed by atoms with Gasteiger partial charge >= 0.3 is 0 Å². The van der Waals surface area contributed by atoms with Gasteiger partial charge in [0.1, 0.15) is 5.82 Å². The van der Waals surface area contributed by atoms with Crippen molar-refractivity contribution >= 4 is 56.4 Å². The lowest BCUT2D eigenvalue weighted by atomic mass is 10.1. The van der Waals surface area contributed by atoms with E-state index in [-0.39, 0.29) is 21.4 Å². The van der Waals surface area contributed by atoms with Crippen molar-refractivity contribution in [3.8, 4) is 11.3 Å². The molecular weight excluding hydrogens is 497 g/mol. The average molecular weight is 520 g/mol. The quantitative estimate of drug-likeness (QED) is 0.446. The summed E-state index contributed by atoms with van der Waals surface area (Å²) in [5.41, 5.74) is 1.68. The van der Waals surface area contributed by atoms with Crippen LogP contribution in [0, 0.1) is 0 Å². The van der Waals surface area contributed by atoms with Gasteiger partial charge in [-0.1, -0.05) is 36.2 Å². The fourth-order valence-electron chi connectivity index (χ4n) is 3.29. The second-order valence-electron chi connectivity index (χ2n) is 7.61. The lowest BCUT2D eigenvalue weighted by molar-refractivity contribution is -0.116. The number of benzene rings is 2. The molecule has 1 aromatic heterocycles. The van der Waals surface area contributed by atoms with Gasteiger partial charge in [0, 0.05) is 31.0 Å². The zero-order valence-electron chi connectivity index (χ0n) is 18.8. The van der Waals surface area contributed by atoms with Gasteiger partial charge in [-0.2, -0.15) is 0 Å². The molecular formula is C24H23Cl2N3O4S. The molecule has 3 rings (SSSR count). The maximum atomic E-state index is 12.8. The van der Waals surface area contributed by atoms with Crippen LogP contribution in [0.1, 0.15) is 30.6 Å². The van der Waals surface area contributed by atoms with Crippen LogP contribution in [-0.2, 0) is 14.6 Å². The molecule has 34 heavy (non-hydrogen) atoms. The summed E-state index contributed by atoms with van der Waals surface area (Å²) >= 11 is 12.6. The van der Waals surface area contributed by atoms with Crippen LogP contribution >= 0.6 is 23.2 Å². The Morgan fingerprint density at radius 3 is 2.38 bits per heavy atom. The summed E-state index contributed by atoms with van der Waals surface area (Å²) < 4.78 is 23.4. The third-order valence-corrected chi connectivity index (χ3v) is 6.70. The summed E-state index contributed by atoms with van der Waals surface area (Å²) in [5, 5.41) is 3.18. The molecule has 3 aromatic rings. The van der Waals surface area contributed by atoms with Crippen molar-refractivity contribution in [3.63, 3.8) is 0 Å². The molecule has 0 saturated heterocycles. The van der Waals surface area contributed by atoms with Gasteiger partial charge in [-0.3, -0.25) is 14.5 Å². The minimum Gasteiger partial charge on any atom is -0.322 e. The van der Waals surface area contributed by atoms with Crippen molar-refractivity contribution < 1.29 is 18.0 Å². The third-order valence-electron chi connectivity index (χ3n) is 4.95. The molecule has 2 amide bonds. The number of anilines is 2. The monoisotopic (exact) mass is 519 g/mol. The van der Waals surface area contributed by atoms with Crippen LogP contribution in [-0.4, -0.2) is 38.0 Å². The number of nitrogens with one attached hydrogen (secondary N) is 1. The van der Waals surface area contributed by atoms with Crippen LogP contribution in [0.25, 0.3) is 11.3 Å². The van der Waals surface area contributed by atoms with E-state index in [0.717, 1.165) is 12.7 Å². The maximum Gasteiger partial charge on any atom is 0.257 e. The maximum absolute atomic E-state index is 12.8. The number of amides is 2. The predicted octanol–water partition coefficient (Wildman–Crippen LogP) is 5.47. The van der Waals surface area contributed by atoms with Gasteiger partial charge < -0.3 is 5.32 Å². The van der Waals surface area contributed by atoms with Gasteiger partial charge in [0.25, 0.3) is 5.91 Å². The summed E-state index contributed by atoms with van der Waals surface area (Å²) in [4.78, 5) is 31.0. The summed E-state index contributed by atoms with van der Waals surface area (Å²) in [6.45, 7) is 4.00. The largest absolute Gasteiger partial charge is 0.322 e. The first-order valence-electron chi connectivity index (χ1n) is 10.4. The zero-order chi connectivity index (χ0) is 25.0. The van der Waals surface area contributed by atoms with E-state index in [4.69, 9.17) is 23.2 Å². The van der Waals surface area contributed by atoms with E-state index in [0.29, 0.717) is 34.3 Å². The number of hydrogen-bond donors (Lipinski definition) is 1. The molecule has 0 spiro atoms. The van der Waals surface area contributed by atoms with E-state index in [2.05, 4.69) is 10.3 Å². The molecule has 7 nitrogen and oxygen atoms in total. The highest BCUT2D eigenvalue weighted by Crippen LogP contribution is 2.31. The SMILES string of the molecule is CCCN(C(C)=O)c1cccc(-c2cc(NC(=O)c3ccc(S(C)(=O)=O)cc3Cl)ccc2Cl)n1. The minimum atomic E-state index is -3.45. The van der Waals surface area contributed by atoms with Gasteiger partial charge in [-0.05, 0) is 55.0 Å². The number of carbonyl (C=O) groups excluding carboxylic acids is 2. The Bertz CT molecular complexity index is 1360. The summed E-state index contributed by atoms with van der Waals surface area (Å²) in [6, 6.07) is 14.2. The molecule has 0 bridgehead atoms. The van der Waals surface area contributed by atoms with Gasteiger partial charge in [0.05, 0.1) is 26.2 Å². The number of nitrogens with zero attached hydrogens (tertiary/aromatic N) is 2. The lowest BCUT2D eigenvalue weighted by Gasteiger charge is -2.20. The zero-order valence-corrected chi connectivity index (χ0v) is 21.1. The fourth-order valence-corrected chi connectivity index (χ4v) is 4.48. The molecule has 0 aliphatic carbocycles. The number of halogens is 2. The van der Waals surface area contributed by atoms with Crippen molar-refractivity contribution in [2.24, 2.45) is 0 Å². The lowest BCUT2D eigenvalue weighted by Crippen LogP contribution is -2.30. The Balaban J connectivity index is 1.91. The first-order chi connectivity index (χ1) is 16.0. The Morgan fingerprint density at radius 2 is 1.76 bits per heavy atom. The van der Waals surface area contributed by atoms with Crippen molar-refractivity contribution in [3.05, 3.63) is 70.2 Å². The summed E-state index contributed by atoms with van der Waals surface area (Å²) in [6.07, 6.45) is 1.84. The van der Waals surface area contributed by atoms with Gasteiger partial charge in [-0.25, -0.2) is 13.4 Å². The van der Waals surface area contributed by atoms with E-state index in [1.165, 1.54) is 25.1 Å². The molecule has 178 valence electrons. The number of hydrogen-bond acceptors (Lipinski definition) is 5. The Hall–Kier alpha value is -2.94. The molecule has 0 saturated carbocycles. The molecule has 2 aromatic carbocycles. The Labute approximate surface area is 208 Å². The van der Waals surface area contributed by atoms with E-state index in [9.17, 15) is 18.0 Å². The number of pyridine rings is 1. The van der Waals surface area contributed by atoms with Gasteiger partial charge in [0.2, 0.25) is 5.91 Å². The van der Waals surface area contributed by atoms with Crippen molar-refractivity contribution in [2.75, 3.05) is 23.0 Å². The first kappa shape index (κ1) is 25.7.